The average Bonchev–Trinajstić information content (AvgIpc) is 2.12. The normalized spacial score (nSPS) is 15.1. The smallest absolute Gasteiger partial charge is 0.224 e. The van der Waals surface area contributed by atoms with Crippen LogP contribution in [0.1, 0.15) is 12.0 Å². The van der Waals surface area contributed by atoms with E-state index in [1.807, 2.05) is 0 Å². The number of nitrogens with one attached hydrogen (secondary N) is 1. The maximum absolute atomic E-state index is 13.1. The number of amides is 1. The molecule has 0 saturated carbocycles. The molecule has 1 aromatic carbocycles. The lowest BCUT2D eigenvalue weighted by Crippen LogP contribution is -2.20. The number of hydrogen-bond acceptors (Lipinski definition) is 1. The fourth-order valence-corrected chi connectivity index (χ4v) is 1.38. The number of rotatable bonds is 0. The molecule has 1 aliphatic heterocycles. The van der Waals surface area contributed by atoms with Gasteiger partial charge in [-0.1, -0.05) is 6.07 Å². The third-order valence-electron chi connectivity index (χ3n) is 2.07. The van der Waals surface area contributed by atoms with Gasteiger partial charge in [-0.3, -0.25) is 4.79 Å². The highest BCUT2D eigenvalue weighted by molar-refractivity contribution is 5.94. The third-order valence-corrected chi connectivity index (χ3v) is 2.07. The van der Waals surface area contributed by atoms with Crippen LogP contribution in [0.3, 0.4) is 0 Å². The van der Waals surface area contributed by atoms with Gasteiger partial charge in [-0.15, -0.1) is 0 Å². The van der Waals surface area contributed by atoms with Crippen LogP contribution < -0.4 is 5.32 Å². The quantitative estimate of drug-likeness (QED) is 0.653. The Hall–Kier alpha value is -1.45. The molecular formula is C9H7F2NO. The predicted molar refractivity (Wildman–Crippen MR) is 43.3 cm³/mol. The third kappa shape index (κ3) is 1.28. The Morgan fingerprint density at radius 2 is 2.00 bits per heavy atom. The van der Waals surface area contributed by atoms with Crippen LogP contribution in [-0.2, 0) is 11.2 Å². The molecule has 0 saturated heterocycles. The van der Waals surface area contributed by atoms with Crippen LogP contribution in [0.4, 0.5) is 14.5 Å². The molecule has 13 heavy (non-hydrogen) atoms. The Kier molecular flexibility index (Phi) is 1.76. The number of fused-ring (bicyclic) bond motifs is 1. The molecule has 68 valence electrons. The molecule has 1 aliphatic rings. The summed E-state index contributed by atoms with van der Waals surface area (Å²) in [5, 5.41) is 2.32. The Labute approximate surface area is 73.6 Å². The Balaban J connectivity index is 2.54. The van der Waals surface area contributed by atoms with E-state index in [1.54, 1.807) is 0 Å². The average molecular weight is 183 g/mol. The van der Waals surface area contributed by atoms with Gasteiger partial charge in [0.2, 0.25) is 5.91 Å². The zero-order valence-corrected chi connectivity index (χ0v) is 6.73. The van der Waals surface area contributed by atoms with Crippen molar-refractivity contribution in [2.24, 2.45) is 0 Å². The summed E-state index contributed by atoms with van der Waals surface area (Å²) >= 11 is 0. The molecule has 4 heteroatoms. The monoisotopic (exact) mass is 183 g/mol. The van der Waals surface area contributed by atoms with Crippen molar-refractivity contribution < 1.29 is 13.6 Å². The van der Waals surface area contributed by atoms with E-state index in [2.05, 4.69) is 5.32 Å². The minimum absolute atomic E-state index is 0.00347. The molecule has 0 aliphatic carbocycles. The summed E-state index contributed by atoms with van der Waals surface area (Å²) in [7, 11) is 0. The first kappa shape index (κ1) is 8.16. The molecule has 0 unspecified atom stereocenters. The molecule has 2 rings (SSSR count). The minimum atomic E-state index is -0.967. The van der Waals surface area contributed by atoms with Crippen molar-refractivity contribution in [2.45, 2.75) is 12.8 Å². The number of aryl methyl sites for hydroxylation is 1. The van der Waals surface area contributed by atoms with Crippen LogP contribution in [0.5, 0.6) is 0 Å². The highest BCUT2D eigenvalue weighted by atomic mass is 19.2. The highest BCUT2D eigenvalue weighted by Crippen LogP contribution is 2.26. The lowest BCUT2D eigenvalue weighted by Gasteiger charge is -2.16. The summed E-state index contributed by atoms with van der Waals surface area (Å²) in [5.41, 5.74) is 0.648. The topological polar surface area (TPSA) is 29.1 Å². The molecular weight excluding hydrogens is 176 g/mol. The van der Waals surface area contributed by atoms with Crippen molar-refractivity contribution in [2.75, 3.05) is 5.32 Å². The predicted octanol–water partition coefficient (Wildman–Crippen LogP) is 1.85. The summed E-state index contributed by atoms with van der Waals surface area (Å²) < 4.78 is 25.8. The van der Waals surface area contributed by atoms with Crippen LogP contribution in [0.2, 0.25) is 0 Å². The van der Waals surface area contributed by atoms with Crippen molar-refractivity contribution in [1.82, 2.24) is 0 Å². The molecule has 0 aromatic heterocycles. The number of anilines is 1. The highest BCUT2D eigenvalue weighted by Gasteiger charge is 2.20. The molecule has 0 bridgehead atoms. The summed E-state index contributed by atoms with van der Waals surface area (Å²) in [6, 6.07) is 2.57. The van der Waals surface area contributed by atoms with E-state index >= 15 is 0 Å². The van der Waals surface area contributed by atoms with Crippen LogP contribution in [0.25, 0.3) is 0 Å². The van der Waals surface area contributed by atoms with Gasteiger partial charge in [0.25, 0.3) is 0 Å². The molecule has 0 fully saturated rings. The summed E-state index contributed by atoms with van der Waals surface area (Å²) in [6.07, 6.45) is 0.802. The van der Waals surface area contributed by atoms with Gasteiger partial charge < -0.3 is 5.32 Å². The first-order chi connectivity index (χ1) is 6.18. The lowest BCUT2D eigenvalue weighted by molar-refractivity contribution is -0.116. The van der Waals surface area contributed by atoms with Crippen molar-refractivity contribution in [1.29, 1.82) is 0 Å². The van der Waals surface area contributed by atoms with E-state index < -0.39 is 11.6 Å². The van der Waals surface area contributed by atoms with Crippen LogP contribution in [0.15, 0.2) is 12.1 Å². The summed E-state index contributed by atoms with van der Waals surface area (Å²) in [6.45, 7) is 0. The van der Waals surface area contributed by atoms with Gasteiger partial charge in [-0.25, -0.2) is 8.78 Å². The molecule has 1 amide bonds. The fraction of sp³-hybridized carbons (Fsp3) is 0.222. The molecule has 0 spiro atoms. The standard InChI is InChI=1S/C9H7F2NO/c10-6-3-1-5-2-4-7(13)12-9(5)8(6)11/h1,3H,2,4H2,(H,12,13). The summed E-state index contributed by atoms with van der Waals surface area (Å²) in [5.74, 6) is -2.16. The van der Waals surface area contributed by atoms with Crippen LogP contribution in [-0.4, -0.2) is 5.91 Å². The second kappa shape index (κ2) is 2.80. The fourth-order valence-electron chi connectivity index (χ4n) is 1.38. The van der Waals surface area contributed by atoms with Gasteiger partial charge in [0.15, 0.2) is 11.6 Å². The zero-order chi connectivity index (χ0) is 9.42. The van der Waals surface area contributed by atoms with Crippen LogP contribution >= 0.6 is 0 Å². The Morgan fingerprint density at radius 3 is 2.77 bits per heavy atom. The second-order valence-electron chi connectivity index (χ2n) is 2.94. The van der Waals surface area contributed by atoms with Crippen molar-refractivity contribution in [3.63, 3.8) is 0 Å². The number of hydrogen-bond donors (Lipinski definition) is 1. The molecule has 0 atom stereocenters. The zero-order valence-electron chi connectivity index (χ0n) is 6.73. The maximum Gasteiger partial charge on any atom is 0.224 e. The molecule has 1 N–H and O–H groups in total. The first-order valence-corrected chi connectivity index (χ1v) is 3.95. The number of halogens is 2. The first-order valence-electron chi connectivity index (χ1n) is 3.95. The largest absolute Gasteiger partial charge is 0.323 e. The van der Waals surface area contributed by atoms with E-state index in [-0.39, 0.29) is 11.6 Å². The van der Waals surface area contributed by atoms with E-state index in [4.69, 9.17) is 0 Å². The minimum Gasteiger partial charge on any atom is -0.323 e. The Bertz CT molecular complexity index is 376. The van der Waals surface area contributed by atoms with Gasteiger partial charge >= 0.3 is 0 Å². The molecule has 1 heterocycles. The second-order valence-corrected chi connectivity index (χ2v) is 2.94. The van der Waals surface area contributed by atoms with Crippen molar-refractivity contribution in [3.05, 3.63) is 29.3 Å². The van der Waals surface area contributed by atoms with Gasteiger partial charge in [0.05, 0.1) is 5.69 Å². The van der Waals surface area contributed by atoms with E-state index in [1.165, 1.54) is 6.07 Å². The molecule has 1 aromatic rings. The van der Waals surface area contributed by atoms with E-state index in [0.29, 0.717) is 18.4 Å². The number of benzene rings is 1. The van der Waals surface area contributed by atoms with Gasteiger partial charge in [0, 0.05) is 6.42 Å². The lowest BCUT2D eigenvalue weighted by atomic mass is 10.0. The molecule has 2 nitrogen and oxygen atoms in total. The van der Waals surface area contributed by atoms with E-state index in [9.17, 15) is 13.6 Å². The number of carbonyl (C=O) groups excluding carboxylic acids is 1. The van der Waals surface area contributed by atoms with Gasteiger partial charge in [-0.2, -0.15) is 0 Å². The number of carbonyl (C=O) groups is 1. The Morgan fingerprint density at radius 1 is 1.23 bits per heavy atom. The van der Waals surface area contributed by atoms with Crippen molar-refractivity contribution in [3.8, 4) is 0 Å². The SMILES string of the molecule is O=C1CCc2ccc(F)c(F)c2N1. The maximum atomic E-state index is 13.1. The molecule has 0 radical (unpaired) electrons. The summed E-state index contributed by atoms with van der Waals surface area (Å²) in [4.78, 5) is 10.9. The van der Waals surface area contributed by atoms with Gasteiger partial charge in [0.1, 0.15) is 0 Å². The van der Waals surface area contributed by atoms with Crippen LogP contribution in [0, 0.1) is 11.6 Å². The van der Waals surface area contributed by atoms with Crippen molar-refractivity contribution >= 4 is 11.6 Å². The van der Waals surface area contributed by atoms with Gasteiger partial charge in [-0.05, 0) is 18.1 Å². The van der Waals surface area contributed by atoms with E-state index in [0.717, 1.165) is 6.07 Å².